The Morgan fingerprint density at radius 2 is 1.81 bits per heavy atom. The van der Waals surface area contributed by atoms with Crippen molar-refractivity contribution in [1.82, 2.24) is 9.88 Å². The average molecular weight is 814 g/mol. The molecule has 0 bridgehead atoms. The third-order valence-electron chi connectivity index (χ3n) is 11.5. The number of aliphatic hydroxyl groups is 2. The number of methoxy groups -OCH3 is 1. The molecule has 2 heterocycles. The smallest absolute Gasteiger partial charge is 0.410 e. The molecule has 2 aromatic carbocycles. The maximum Gasteiger partial charge on any atom is 0.410 e. The molecule has 1 saturated carbocycles. The lowest BCUT2D eigenvalue weighted by Gasteiger charge is -2.59. The van der Waals surface area contributed by atoms with E-state index in [2.05, 4.69) is 23.7 Å². The standard InChI is InChI=1S/C47H60FN3O8/c1-7-25-57-47-42(51(45(54)55-6)29-32-17-19-34(48)20-18-32)28-40(50-59-46(3,4)5)38-26-33(14-8-10-23-52)37(16-9-11-24-53)43(44(38)47)39-27-36(21-22-41(39)58-47)56-30-35-15-12-13-31(2)49-35/h7,12-13,15,17-22,26-27,33,37,42-44,52-53H,1,8-11,14,16,23-25,28-30H2,2-6H3/t33-,37+,42-,43+,44+,47+/m0/s1. The first-order valence-corrected chi connectivity index (χ1v) is 20.8. The number of fused-ring (bicyclic) bond motifs is 2. The Morgan fingerprint density at radius 1 is 1.07 bits per heavy atom. The molecule has 0 spiro atoms. The van der Waals surface area contributed by atoms with Crippen LogP contribution < -0.4 is 9.47 Å². The van der Waals surface area contributed by atoms with Crippen LogP contribution in [-0.4, -0.2) is 76.3 Å². The third-order valence-corrected chi connectivity index (χ3v) is 11.5. The van der Waals surface area contributed by atoms with Crippen molar-refractivity contribution in [2.75, 3.05) is 26.9 Å². The van der Waals surface area contributed by atoms with E-state index in [-0.39, 0.29) is 63.0 Å². The van der Waals surface area contributed by atoms with Gasteiger partial charge in [0.15, 0.2) is 0 Å². The largest absolute Gasteiger partial charge is 0.487 e. The van der Waals surface area contributed by atoms with Crippen LogP contribution in [0.3, 0.4) is 0 Å². The van der Waals surface area contributed by atoms with Gasteiger partial charge in [0.25, 0.3) is 0 Å². The van der Waals surface area contributed by atoms with Crippen LogP contribution in [0.1, 0.15) is 94.1 Å². The van der Waals surface area contributed by atoms with Crippen LogP contribution in [-0.2, 0) is 27.5 Å². The number of aromatic nitrogens is 1. The van der Waals surface area contributed by atoms with Gasteiger partial charge in [-0.2, -0.15) is 0 Å². The number of pyridine rings is 1. The molecule has 59 heavy (non-hydrogen) atoms. The summed E-state index contributed by atoms with van der Waals surface area (Å²) in [6.07, 6.45) is 8.07. The van der Waals surface area contributed by atoms with Crippen molar-refractivity contribution in [3.8, 4) is 11.5 Å². The third kappa shape index (κ3) is 10.2. The van der Waals surface area contributed by atoms with E-state index >= 15 is 0 Å². The summed E-state index contributed by atoms with van der Waals surface area (Å²) in [6, 6.07) is 16.9. The van der Waals surface area contributed by atoms with Crippen LogP contribution in [0.15, 0.2) is 90.1 Å². The van der Waals surface area contributed by atoms with Gasteiger partial charge in [0, 0.05) is 43.4 Å². The Balaban J connectivity index is 1.59. The lowest BCUT2D eigenvalue weighted by atomic mass is 9.55. The van der Waals surface area contributed by atoms with Crippen molar-refractivity contribution in [1.29, 1.82) is 0 Å². The average Bonchev–Trinajstić information content (AvgIpc) is 3.22. The zero-order valence-corrected chi connectivity index (χ0v) is 35.1. The highest BCUT2D eigenvalue weighted by atomic mass is 19.1. The van der Waals surface area contributed by atoms with Crippen LogP contribution in [0.2, 0.25) is 0 Å². The van der Waals surface area contributed by atoms with Gasteiger partial charge in [-0.3, -0.25) is 9.88 Å². The van der Waals surface area contributed by atoms with Crippen LogP contribution in [0.5, 0.6) is 11.5 Å². The molecule has 0 saturated heterocycles. The minimum Gasteiger partial charge on any atom is -0.487 e. The first-order chi connectivity index (χ1) is 28.4. The van der Waals surface area contributed by atoms with Crippen molar-refractivity contribution < 1.29 is 43.2 Å². The molecule has 0 unspecified atom stereocenters. The second-order valence-corrected chi connectivity index (χ2v) is 16.8. The highest BCUT2D eigenvalue weighted by Gasteiger charge is 2.65. The van der Waals surface area contributed by atoms with Crippen molar-refractivity contribution in [2.24, 2.45) is 22.9 Å². The Kier molecular flexibility index (Phi) is 14.5. The van der Waals surface area contributed by atoms with E-state index in [1.165, 1.54) is 19.2 Å². The molecular weight excluding hydrogens is 754 g/mol. The molecule has 1 aliphatic heterocycles. The minimum absolute atomic E-state index is 0.0317. The second kappa shape index (κ2) is 19.5. The number of halogens is 1. The molecule has 12 heteroatoms. The molecule has 6 rings (SSSR count). The number of aliphatic hydroxyl groups excluding tert-OH is 2. The number of oxime groups is 1. The van der Waals surface area contributed by atoms with Crippen molar-refractivity contribution in [2.45, 2.75) is 109 Å². The molecule has 318 valence electrons. The molecule has 3 aliphatic rings. The molecule has 6 atom stereocenters. The Bertz CT molecular complexity index is 1960. The van der Waals surface area contributed by atoms with Gasteiger partial charge < -0.3 is 34.0 Å². The molecule has 11 nitrogen and oxygen atoms in total. The van der Waals surface area contributed by atoms with Crippen LogP contribution >= 0.6 is 0 Å². The normalized spacial score (nSPS) is 24.0. The van der Waals surface area contributed by atoms with Gasteiger partial charge >= 0.3 is 6.09 Å². The maximum atomic E-state index is 14.2. The molecule has 0 radical (unpaired) electrons. The number of carbonyl (C=O) groups excluding carboxylic acids is 1. The number of aryl methyl sites for hydroxylation is 1. The summed E-state index contributed by atoms with van der Waals surface area (Å²) in [5.41, 5.74) is 4.30. The van der Waals surface area contributed by atoms with Gasteiger partial charge in [0.05, 0.1) is 31.0 Å². The quantitative estimate of drug-likeness (QED) is 0.0735. The summed E-state index contributed by atoms with van der Waals surface area (Å²) in [4.78, 5) is 26.6. The molecule has 3 aromatic rings. The van der Waals surface area contributed by atoms with Gasteiger partial charge in [0.2, 0.25) is 5.79 Å². The predicted octanol–water partition coefficient (Wildman–Crippen LogP) is 8.81. The molecule has 2 aliphatic carbocycles. The van der Waals surface area contributed by atoms with E-state index in [1.807, 2.05) is 58.0 Å². The number of rotatable bonds is 18. The topological polar surface area (TPSA) is 132 Å². The maximum absolute atomic E-state index is 14.2. The molecule has 1 amide bonds. The monoisotopic (exact) mass is 813 g/mol. The Morgan fingerprint density at radius 3 is 2.49 bits per heavy atom. The first-order valence-electron chi connectivity index (χ1n) is 20.8. The van der Waals surface area contributed by atoms with Crippen molar-refractivity contribution in [3.05, 3.63) is 113 Å². The number of hydrogen-bond donors (Lipinski definition) is 2. The number of ether oxygens (including phenoxy) is 4. The highest BCUT2D eigenvalue weighted by molar-refractivity contribution is 6.03. The van der Waals surface area contributed by atoms with E-state index < -0.39 is 29.4 Å². The first kappa shape index (κ1) is 43.8. The predicted molar refractivity (Wildman–Crippen MR) is 223 cm³/mol. The zero-order valence-electron chi connectivity index (χ0n) is 35.1. The van der Waals surface area contributed by atoms with Crippen molar-refractivity contribution in [3.63, 3.8) is 0 Å². The molecule has 1 fully saturated rings. The fourth-order valence-corrected chi connectivity index (χ4v) is 8.97. The number of nitrogens with zero attached hydrogens (tertiary/aromatic N) is 3. The SMILES string of the molecule is C=CCO[C@@]12Oc3ccc(OCc4cccc(C)n4)cc3[C@H]3[C@H](CCCCO)[C@@H](CCCCO)C=C(C(=NOC(C)(C)C)C[C@@H]1N(Cc1ccc(F)cc1)C(=O)OC)[C@H]32. The van der Waals surface area contributed by atoms with E-state index in [0.717, 1.165) is 48.2 Å². The van der Waals surface area contributed by atoms with Crippen molar-refractivity contribution >= 4 is 11.8 Å². The van der Waals surface area contributed by atoms with Gasteiger partial charge in [-0.15, -0.1) is 6.58 Å². The van der Waals surface area contributed by atoms with E-state index in [0.29, 0.717) is 35.6 Å². The fraction of sp³-hybridized carbons (Fsp3) is 0.511. The highest BCUT2D eigenvalue weighted by Crippen LogP contribution is 2.62. The summed E-state index contributed by atoms with van der Waals surface area (Å²) in [5, 5.41) is 24.7. The summed E-state index contributed by atoms with van der Waals surface area (Å²) < 4.78 is 40.3. The molecular formula is C47H60FN3O8. The number of allylic oxidation sites excluding steroid dienone is 1. The van der Waals surface area contributed by atoms with Crippen LogP contribution in [0, 0.1) is 30.5 Å². The number of benzene rings is 2. The second-order valence-electron chi connectivity index (χ2n) is 16.8. The van der Waals surface area contributed by atoms with Gasteiger partial charge in [0.1, 0.15) is 35.6 Å². The number of amides is 1. The number of carbonyl (C=O) groups is 1. The van der Waals surface area contributed by atoms with E-state index in [4.69, 9.17) is 28.9 Å². The van der Waals surface area contributed by atoms with Gasteiger partial charge in [-0.05, 0) is 119 Å². The Hall–Kier alpha value is -4.78. The summed E-state index contributed by atoms with van der Waals surface area (Å²) in [5.74, 6) is -1.28. The Labute approximate surface area is 347 Å². The molecule has 1 aromatic heterocycles. The summed E-state index contributed by atoms with van der Waals surface area (Å²) in [6.45, 7) is 12.4. The van der Waals surface area contributed by atoms with Crippen LogP contribution in [0.4, 0.5) is 9.18 Å². The van der Waals surface area contributed by atoms with E-state index in [1.54, 1.807) is 23.1 Å². The van der Waals surface area contributed by atoms with Gasteiger partial charge in [-0.1, -0.05) is 48.3 Å². The zero-order chi connectivity index (χ0) is 42.2. The number of unbranched alkanes of at least 4 members (excludes halogenated alkanes) is 2. The minimum atomic E-state index is -1.48. The van der Waals surface area contributed by atoms with Crippen LogP contribution in [0.25, 0.3) is 0 Å². The number of hydrogen-bond acceptors (Lipinski definition) is 10. The van der Waals surface area contributed by atoms with E-state index in [9.17, 15) is 19.4 Å². The fourth-order valence-electron chi connectivity index (χ4n) is 8.97. The lowest BCUT2D eigenvalue weighted by molar-refractivity contribution is -0.256. The summed E-state index contributed by atoms with van der Waals surface area (Å²) >= 11 is 0. The summed E-state index contributed by atoms with van der Waals surface area (Å²) in [7, 11) is 1.34. The molecule has 2 N–H and O–H groups in total. The lowest BCUT2D eigenvalue weighted by Crippen LogP contribution is -2.70. The van der Waals surface area contributed by atoms with Gasteiger partial charge in [-0.25, -0.2) is 9.18 Å².